The van der Waals surface area contributed by atoms with E-state index in [1.54, 1.807) is 6.20 Å². The second-order valence-corrected chi connectivity index (χ2v) is 3.75. The molecule has 1 aromatic carbocycles. The highest BCUT2D eigenvalue weighted by atomic mass is 79.9. The number of fused-ring (bicyclic) bond motifs is 1. The van der Waals surface area contributed by atoms with Gasteiger partial charge in [-0.3, -0.25) is 0 Å². The summed E-state index contributed by atoms with van der Waals surface area (Å²) < 4.78 is 13.2. The SMILES string of the molecule is NCc1c[nH]c2cc(F)c(Br)c(O)c12. The summed E-state index contributed by atoms with van der Waals surface area (Å²) in [5.41, 5.74) is 6.78. The van der Waals surface area contributed by atoms with Crippen molar-refractivity contribution in [3.8, 4) is 5.75 Å². The maximum atomic E-state index is 13.2. The fourth-order valence-corrected chi connectivity index (χ4v) is 1.76. The van der Waals surface area contributed by atoms with Gasteiger partial charge in [0.2, 0.25) is 0 Å². The zero-order valence-electron chi connectivity index (χ0n) is 7.14. The number of rotatable bonds is 1. The van der Waals surface area contributed by atoms with Gasteiger partial charge in [-0.25, -0.2) is 4.39 Å². The smallest absolute Gasteiger partial charge is 0.143 e. The molecule has 0 aliphatic carbocycles. The quantitative estimate of drug-likeness (QED) is 0.735. The summed E-state index contributed by atoms with van der Waals surface area (Å²) in [6.07, 6.45) is 1.66. The van der Waals surface area contributed by atoms with Crippen LogP contribution in [0.5, 0.6) is 5.75 Å². The van der Waals surface area contributed by atoms with E-state index in [2.05, 4.69) is 20.9 Å². The Labute approximate surface area is 87.9 Å². The standard InChI is InChI=1S/C9H8BrFN2O/c10-8-5(11)1-6-7(9(8)14)4(2-12)3-13-6/h1,3,13-14H,2,12H2. The van der Waals surface area contributed by atoms with Crippen LogP contribution in [0, 0.1) is 5.82 Å². The molecule has 0 unspecified atom stereocenters. The molecule has 2 aromatic rings. The Morgan fingerprint density at radius 1 is 1.57 bits per heavy atom. The first kappa shape index (κ1) is 9.48. The second kappa shape index (κ2) is 3.25. The first-order chi connectivity index (χ1) is 6.65. The third kappa shape index (κ3) is 1.20. The maximum Gasteiger partial charge on any atom is 0.143 e. The number of phenolic OH excluding ortho intramolecular Hbond substituents is 1. The number of hydrogen-bond donors (Lipinski definition) is 3. The molecule has 0 aliphatic rings. The molecule has 4 N–H and O–H groups in total. The summed E-state index contributed by atoms with van der Waals surface area (Å²) in [5, 5.41) is 10.2. The molecular weight excluding hydrogens is 251 g/mol. The third-order valence-corrected chi connectivity index (χ3v) is 2.89. The zero-order chi connectivity index (χ0) is 10.3. The average Bonchev–Trinajstić information content (AvgIpc) is 2.57. The van der Waals surface area contributed by atoms with Crippen LogP contribution in [-0.4, -0.2) is 10.1 Å². The van der Waals surface area contributed by atoms with Crippen molar-refractivity contribution in [2.75, 3.05) is 0 Å². The van der Waals surface area contributed by atoms with Crippen LogP contribution in [0.25, 0.3) is 10.9 Å². The highest BCUT2D eigenvalue weighted by Crippen LogP contribution is 2.36. The van der Waals surface area contributed by atoms with Gasteiger partial charge in [-0.15, -0.1) is 0 Å². The van der Waals surface area contributed by atoms with Crippen LogP contribution in [0.2, 0.25) is 0 Å². The molecule has 5 heteroatoms. The van der Waals surface area contributed by atoms with Crippen LogP contribution in [0.4, 0.5) is 4.39 Å². The van der Waals surface area contributed by atoms with Gasteiger partial charge < -0.3 is 15.8 Å². The van der Waals surface area contributed by atoms with E-state index in [0.717, 1.165) is 5.56 Å². The van der Waals surface area contributed by atoms with Crippen molar-refractivity contribution >= 4 is 26.8 Å². The van der Waals surface area contributed by atoms with Crippen molar-refractivity contribution < 1.29 is 9.50 Å². The monoisotopic (exact) mass is 258 g/mol. The summed E-state index contributed by atoms with van der Waals surface area (Å²) in [4.78, 5) is 2.85. The van der Waals surface area contributed by atoms with E-state index in [9.17, 15) is 9.50 Å². The van der Waals surface area contributed by atoms with Gasteiger partial charge in [0.15, 0.2) is 0 Å². The predicted molar refractivity (Wildman–Crippen MR) is 55.5 cm³/mol. The third-order valence-electron chi connectivity index (χ3n) is 2.14. The Morgan fingerprint density at radius 2 is 2.29 bits per heavy atom. The molecule has 0 saturated heterocycles. The molecule has 0 saturated carbocycles. The van der Waals surface area contributed by atoms with Crippen LogP contribution in [0.3, 0.4) is 0 Å². The van der Waals surface area contributed by atoms with E-state index in [0.29, 0.717) is 17.4 Å². The van der Waals surface area contributed by atoms with Crippen LogP contribution in [-0.2, 0) is 6.54 Å². The fraction of sp³-hybridized carbons (Fsp3) is 0.111. The molecule has 0 aliphatic heterocycles. The molecule has 0 radical (unpaired) electrons. The first-order valence-corrected chi connectivity index (χ1v) is 4.81. The van der Waals surface area contributed by atoms with E-state index >= 15 is 0 Å². The molecule has 0 fully saturated rings. The van der Waals surface area contributed by atoms with Crippen molar-refractivity contribution in [2.24, 2.45) is 5.73 Å². The van der Waals surface area contributed by atoms with E-state index in [-0.39, 0.29) is 10.2 Å². The summed E-state index contributed by atoms with van der Waals surface area (Å²) in [7, 11) is 0. The Hall–Kier alpha value is -1.07. The number of aromatic nitrogens is 1. The molecule has 0 bridgehead atoms. The van der Waals surface area contributed by atoms with Gasteiger partial charge >= 0.3 is 0 Å². The largest absolute Gasteiger partial charge is 0.506 e. The fourth-order valence-electron chi connectivity index (χ4n) is 1.45. The van der Waals surface area contributed by atoms with E-state index < -0.39 is 5.82 Å². The number of nitrogens with two attached hydrogens (primary N) is 1. The molecule has 0 spiro atoms. The number of aromatic hydroxyl groups is 1. The van der Waals surface area contributed by atoms with Crippen molar-refractivity contribution in [1.29, 1.82) is 0 Å². The average molecular weight is 259 g/mol. The van der Waals surface area contributed by atoms with Gasteiger partial charge in [0.25, 0.3) is 0 Å². The van der Waals surface area contributed by atoms with Crippen molar-refractivity contribution in [2.45, 2.75) is 6.54 Å². The van der Waals surface area contributed by atoms with Gasteiger partial charge in [-0.1, -0.05) is 0 Å². The van der Waals surface area contributed by atoms with Crippen LogP contribution in [0.15, 0.2) is 16.7 Å². The number of halogens is 2. The summed E-state index contributed by atoms with van der Waals surface area (Å²) >= 11 is 2.97. The topological polar surface area (TPSA) is 62.0 Å². The molecule has 74 valence electrons. The van der Waals surface area contributed by atoms with E-state index in [1.807, 2.05) is 0 Å². The molecular formula is C9H8BrFN2O. The van der Waals surface area contributed by atoms with Gasteiger partial charge in [0.1, 0.15) is 11.6 Å². The van der Waals surface area contributed by atoms with Crippen molar-refractivity contribution in [3.05, 3.63) is 28.1 Å². The van der Waals surface area contributed by atoms with Gasteiger partial charge in [-0.2, -0.15) is 0 Å². The minimum Gasteiger partial charge on any atom is -0.506 e. The highest BCUT2D eigenvalue weighted by molar-refractivity contribution is 9.10. The maximum absolute atomic E-state index is 13.2. The van der Waals surface area contributed by atoms with Crippen LogP contribution in [0.1, 0.15) is 5.56 Å². The number of nitrogens with one attached hydrogen (secondary N) is 1. The number of phenols is 1. The Bertz CT molecular complexity index is 495. The van der Waals surface area contributed by atoms with Gasteiger partial charge in [0.05, 0.1) is 9.99 Å². The summed E-state index contributed by atoms with van der Waals surface area (Å²) in [6.45, 7) is 0.297. The lowest BCUT2D eigenvalue weighted by atomic mass is 10.1. The predicted octanol–water partition coefficient (Wildman–Crippen LogP) is 2.23. The lowest BCUT2D eigenvalue weighted by Gasteiger charge is -2.02. The number of aromatic amines is 1. The van der Waals surface area contributed by atoms with E-state index in [4.69, 9.17) is 5.73 Å². The number of H-pyrrole nitrogens is 1. The molecule has 3 nitrogen and oxygen atoms in total. The minimum absolute atomic E-state index is 0.0688. The minimum atomic E-state index is -0.500. The Balaban J connectivity index is 2.88. The van der Waals surface area contributed by atoms with Crippen molar-refractivity contribution in [1.82, 2.24) is 4.98 Å². The zero-order valence-corrected chi connectivity index (χ0v) is 8.73. The Morgan fingerprint density at radius 3 is 2.93 bits per heavy atom. The van der Waals surface area contributed by atoms with Gasteiger partial charge in [0, 0.05) is 18.1 Å². The van der Waals surface area contributed by atoms with Crippen LogP contribution >= 0.6 is 15.9 Å². The molecule has 1 heterocycles. The number of hydrogen-bond acceptors (Lipinski definition) is 2. The molecule has 14 heavy (non-hydrogen) atoms. The molecule has 2 rings (SSSR count). The lowest BCUT2D eigenvalue weighted by Crippen LogP contribution is -1.94. The normalized spacial score (nSPS) is 11.1. The highest BCUT2D eigenvalue weighted by Gasteiger charge is 2.14. The Kier molecular flexibility index (Phi) is 2.20. The number of benzene rings is 1. The lowest BCUT2D eigenvalue weighted by molar-refractivity contribution is 0.470. The van der Waals surface area contributed by atoms with E-state index in [1.165, 1.54) is 6.07 Å². The van der Waals surface area contributed by atoms with Gasteiger partial charge in [-0.05, 0) is 27.6 Å². The van der Waals surface area contributed by atoms with Crippen molar-refractivity contribution in [3.63, 3.8) is 0 Å². The summed E-state index contributed by atoms with van der Waals surface area (Å²) in [6, 6.07) is 1.32. The van der Waals surface area contributed by atoms with Crippen LogP contribution < -0.4 is 5.73 Å². The summed E-state index contributed by atoms with van der Waals surface area (Å²) in [5.74, 6) is -0.609. The molecule has 0 atom stereocenters. The molecule has 0 amide bonds. The second-order valence-electron chi connectivity index (χ2n) is 2.96. The first-order valence-electron chi connectivity index (χ1n) is 4.02. The molecule has 1 aromatic heterocycles.